The number of pyridine rings is 1. The molecule has 1 aromatic carbocycles. The average Bonchev–Trinajstić information content (AvgIpc) is 3.28. The molecule has 0 aliphatic carbocycles. The van der Waals surface area contributed by atoms with Crippen LogP contribution in [0.4, 0.5) is 11.6 Å². The highest BCUT2D eigenvalue weighted by Gasteiger charge is 2.31. The molecule has 10 nitrogen and oxygen atoms in total. The van der Waals surface area contributed by atoms with Crippen LogP contribution in [-0.4, -0.2) is 69.6 Å². The Balaban J connectivity index is 1.54. The van der Waals surface area contributed by atoms with Crippen molar-refractivity contribution >= 4 is 55.2 Å². The third-order valence-electron chi connectivity index (χ3n) is 6.16. The molecular weight excluding hydrogens is 476 g/mol. The molecule has 5 rings (SSSR count). The molecule has 178 valence electrons. The number of sulfonamides is 1. The van der Waals surface area contributed by atoms with Crippen LogP contribution in [0.25, 0.3) is 21.9 Å². The van der Waals surface area contributed by atoms with Gasteiger partial charge in [-0.05, 0) is 31.4 Å². The molecule has 0 spiro atoms. The van der Waals surface area contributed by atoms with Crippen molar-refractivity contribution in [2.24, 2.45) is 0 Å². The molecule has 0 saturated carbocycles. The molecule has 0 bridgehead atoms. The van der Waals surface area contributed by atoms with Crippen LogP contribution in [0.15, 0.2) is 36.9 Å². The fourth-order valence-corrected chi connectivity index (χ4v) is 5.56. The SMILES string of the molecule is CC(Nc1ncnc2nc[nH]c12)c1cc2cccc(Cl)c2c(N2CCN(S(C)(=O)=O)CC2C)n1. The van der Waals surface area contributed by atoms with E-state index < -0.39 is 10.0 Å². The molecule has 12 heteroatoms. The minimum Gasteiger partial charge on any atom is -0.360 e. The van der Waals surface area contributed by atoms with Crippen molar-refractivity contribution in [1.29, 1.82) is 0 Å². The minimum atomic E-state index is -3.25. The molecule has 1 saturated heterocycles. The molecule has 1 fully saturated rings. The van der Waals surface area contributed by atoms with E-state index in [9.17, 15) is 8.42 Å². The van der Waals surface area contributed by atoms with Gasteiger partial charge in [-0.3, -0.25) is 0 Å². The number of H-pyrrole nitrogens is 1. The standard InChI is InChI=1S/C22H25ClN8O2S/c1-13-10-30(34(3,32)33)7-8-31(13)22-18-15(5-4-6-16(18)23)9-17(29-22)14(2)28-21-19-20(25-11-24-19)26-12-27-21/h4-6,9,11-14H,7-8,10H2,1-3H3,(H2,24,25,26,27,28). The zero-order chi connectivity index (χ0) is 24.0. The van der Waals surface area contributed by atoms with Gasteiger partial charge in [-0.25, -0.2) is 28.4 Å². The summed E-state index contributed by atoms with van der Waals surface area (Å²) in [5.74, 6) is 1.39. The molecule has 1 aliphatic rings. The van der Waals surface area contributed by atoms with E-state index in [0.29, 0.717) is 36.1 Å². The number of hydrogen-bond acceptors (Lipinski definition) is 8. The van der Waals surface area contributed by atoms with E-state index in [0.717, 1.165) is 27.8 Å². The Labute approximate surface area is 202 Å². The summed E-state index contributed by atoms with van der Waals surface area (Å²) >= 11 is 6.63. The Morgan fingerprint density at radius 1 is 1.24 bits per heavy atom. The van der Waals surface area contributed by atoms with Crippen molar-refractivity contribution in [3.8, 4) is 0 Å². The second-order valence-electron chi connectivity index (χ2n) is 8.56. The summed E-state index contributed by atoms with van der Waals surface area (Å²) in [6.07, 6.45) is 4.30. The predicted octanol–water partition coefficient (Wildman–Crippen LogP) is 3.20. The summed E-state index contributed by atoms with van der Waals surface area (Å²) in [5.41, 5.74) is 2.12. The highest BCUT2D eigenvalue weighted by atomic mass is 35.5. The number of anilines is 2. The molecule has 0 amide bonds. The molecule has 0 radical (unpaired) electrons. The molecule has 4 aromatic rings. The number of aromatic amines is 1. The maximum absolute atomic E-state index is 12.1. The largest absolute Gasteiger partial charge is 0.360 e. The maximum atomic E-state index is 12.1. The second kappa shape index (κ2) is 8.64. The first-order valence-electron chi connectivity index (χ1n) is 10.9. The summed E-state index contributed by atoms with van der Waals surface area (Å²) < 4.78 is 25.7. The van der Waals surface area contributed by atoms with Gasteiger partial charge < -0.3 is 15.2 Å². The fraction of sp³-hybridized carbons (Fsp3) is 0.364. The van der Waals surface area contributed by atoms with E-state index in [2.05, 4.69) is 30.2 Å². The number of imidazole rings is 1. The number of fused-ring (bicyclic) bond motifs is 2. The van der Waals surface area contributed by atoms with Gasteiger partial charge in [0.1, 0.15) is 17.7 Å². The first-order valence-corrected chi connectivity index (χ1v) is 13.2. The number of aromatic nitrogens is 5. The van der Waals surface area contributed by atoms with Crippen molar-refractivity contribution < 1.29 is 8.42 Å². The van der Waals surface area contributed by atoms with Crippen molar-refractivity contribution in [2.75, 3.05) is 36.1 Å². The normalized spacial score (nSPS) is 18.5. The maximum Gasteiger partial charge on any atom is 0.211 e. The topological polar surface area (TPSA) is 120 Å². The molecule has 3 aromatic heterocycles. The monoisotopic (exact) mass is 500 g/mol. The number of nitrogens with zero attached hydrogens (tertiary/aromatic N) is 6. The van der Waals surface area contributed by atoms with Crippen LogP contribution in [0.3, 0.4) is 0 Å². The summed E-state index contributed by atoms with van der Waals surface area (Å²) in [5, 5.41) is 5.85. The predicted molar refractivity (Wildman–Crippen MR) is 134 cm³/mol. The molecule has 34 heavy (non-hydrogen) atoms. The Kier molecular flexibility index (Phi) is 5.78. The highest BCUT2D eigenvalue weighted by Crippen LogP contribution is 2.35. The second-order valence-corrected chi connectivity index (χ2v) is 11.0. The van der Waals surface area contributed by atoms with Crippen molar-refractivity contribution in [3.63, 3.8) is 0 Å². The molecule has 1 aliphatic heterocycles. The molecular formula is C22H25ClN8O2S. The Bertz CT molecular complexity index is 1470. The van der Waals surface area contributed by atoms with Crippen LogP contribution in [0.5, 0.6) is 0 Å². The van der Waals surface area contributed by atoms with Gasteiger partial charge in [-0.15, -0.1) is 0 Å². The van der Waals surface area contributed by atoms with Gasteiger partial charge in [-0.1, -0.05) is 23.7 Å². The zero-order valence-electron chi connectivity index (χ0n) is 19.0. The summed E-state index contributed by atoms with van der Waals surface area (Å²) in [7, 11) is -3.25. The molecule has 2 N–H and O–H groups in total. The summed E-state index contributed by atoms with van der Waals surface area (Å²) in [6, 6.07) is 7.55. The lowest BCUT2D eigenvalue weighted by Gasteiger charge is -2.40. The highest BCUT2D eigenvalue weighted by molar-refractivity contribution is 7.88. The number of nitrogens with one attached hydrogen (secondary N) is 2. The number of hydrogen-bond donors (Lipinski definition) is 2. The van der Waals surface area contributed by atoms with E-state index in [-0.39, 0.29) is 12.1 Å². The molecule has 2 atom stereocenters. The van der Waals surface area contributed by atoms with Gasteiger partial charge in [-0.2, -0.15) is 4.31 Å². The molecule has 4 heterocycles. The van der Waals surface area contributed by atoms with Crippen LogP contribution in [0.1, 0.15) is 25.6 Å². The van der Waals surface area contributed by atoms with E-state index in [1.54, 1.807) is 6.33 Å². The third kappa shape index (κ3) is 4.15. The summed E-state index contributed by atoms with van der Waals surface area (Å²) in [6.45, 7) is 5.33. The minimum absolute atomic E-state index is 0.0690. The summed E-state index contributed by atoms with van der Waals surface area (Å²) in [4.78, 5) is 23.0. The van der Waals surface area contributed by atoms with Crippen molar-refractivity contribution in [1.82, 2.24) is 29.2 Å². The van der Waals surface area contributed by atoms with E-state index >= 15 is 0 Å². The van der Waals surface area contributed by atoms with Crippen LogP contribution >= 0.6 is 11.6 Å². The van der Waals surface area contributed by atoms with Gasteiger partial charge in [0.05, 0.1) is 29.3 Å². The average molecular weight is 501 g/mol. The number of benzene rings is 1. The van der Waals surface area contributed by atoms with Gasteiger partial charge in [0.15, 0.2) is 11.5 Å². The number of rotatable bonds is 5. The van der Waals surface area contributed by atoms with Crippen LogP contribution in [0, 0.1) is 0 Å². The Hall–Kier alpha value is -3.02. The quantitative estimate of drug-likeness (QED) is 0.428. The third-order valence-corrected chi connectivity index (χ3v) is 7.74. The zero-order valence-corrected chi connectivity index (χ0v) is 20.6. The molecule has 2 unspecified atom stereocenters. The lowest BCUT2D eigenvalue weighted by molar-refractivity contribution is 0.344. The lowest BCUT2D eigenvalue weighted by atomic mass is 10.1. The van der Waals surface area contributed by atoms with E-state index in [1.165, 1.54) is 16.9 Å². The van der Waals surface area contributed by atoms with Gasteiger partial charge >= 0.3 is 0 Å². The Morgan fingerprint density at radius 3 is 2.82 bits per heavy atom. The van der Waals surface area contributed by atoms with E-state index in [4.69, 9.17) is 16.6 Å². The van der Waals surface area contributed by atoms with Crippen molar-refractivity contribution in [2.45, 2.75) is 25.9 Å². The van der Waals surface area contributed by atoms with Gasteiger partial charge in [0, 0.05) is 31.1 Å². The van der Waals surface area contributed by atoms with Crippen LogP contribution in [0.2, 0.25) is 5.02 Å². The lowest BCUT2D eigenvalue weighted by Crippen LogP contribution is -2.53. The first kappa shape index (κ1) is 22.8. The van der Waals surface area contributed by atoms with E-state index in [1.807, 2.05) is 38.1 Å². The smallest absolute Gasteiger partial charge is 0.211 e. The fourth-order valence-electron chi connectivity index (χ4n) is 4.39. The van der Waals surface area contributed by atoms with Gasteiger partial charge in [0.2, 0.25) is 10.0 Å². The number of piperazine rings is 1. The number of halogens is 1. The first-order chi connectivity index (χ1) is 16.2. The van der Waals surface area contributed by atoms with Crippen molar-refractivity contribution in [3.05, 3.63) is 47.6 Å². The van der Waals surface area contributed by atoms with Crippen LogP contribution in [-0.2, 0) is 10.0 Å². The van der Waals surface area contributed by atoms with Gasteiger partial charge in [0.25, 0.3) is 0 Å². The Morgan fingerprint density at radius 2 is 2.06 bits per heavy atom. The van der Waals surface area contributed by atoms with Crippen LogP contribution < -0.4 is 10.2 Å².